The molecule has 60 heavy (non-hydrogen) atoms. The van der Waals surface area contributed by atoms with Crippen molar-refractivity contribution < 1.29 is 38.7 Å². The van der Waals surface area contributed by atoms with E-state index in [2.05, 4.69) is 9.97 Å². The van der Waals surface area contributed by atoms with Crippen LogP contribution in [0.4, 0.5) is 0 Å². The number of carboxylic acid groups (broad SMARTS) is 2. The van der Waals surface area contributed by atoms with Crippen LogP contribution in [0.1, 0.15) is 62.3 Å². The molecule has 310 valence electrons. The maximum atomic E-state index is 11.2. The second-order valence-corrected chi connectivity index (χ2v) is 14.8. The first-order valence-corrected chi connectivity index (χ1v) is 20.5. The van der Waals surface area contributed by atoms with E-state index >= 15 is 0 Å². The van der Waals surface area contributed by atoms with E-state index in [0.29, 0.717) is 94.6 Å². The quantitative estimate of drug-likeness (QED) is 0.0652. The summed E-state index contributed by atoms with van der Waals surface area (Å²) in [5.74, 6) is -0.550. The first kappa shape index (κ1) is 42.2. The highest BCUT2D eigenvalue weighted by atomic mass is 35.5. The Morgan fingerprint density at radius 1 is 0.567 bits per heavy atom. The Bertz CT molecular complexity index is 2400. The van der Waals surface area contributed by atoms with Crippen LogP contribution in [0.2, 0.25) is 10.0 Å². The van der Waals surface area contributed by atoms with Gasteiger partial charge in [0.15, 0.2) is 0 Å². The average molecular weight is 852 g/mol. The normalized spacial score (nSPS) is 13.0. The molecule has 2 aromatic carbocycles. The first-order valence-electron chi connectivity index (χ1n) is 19.7. The minimum atomic E-state index is -0.910. The van der Waals surface area contributed by atoms with E-state index in [1.807, 2.05) is 111 Å². The van der Waals surface area contributed by atoms with Crippen LogP contribution in [-0.4, -0.2) is 80.7 Å². The lowest BCUT2D eigenvalue weighted by Gasteiger charge is -2.15. The molecule has 0 saturated carbocycles. The minimum Gasteiger partial charge on any atom is -0.493 e. The van der Waals surface area contributed by atoms with Crippen molar-refractivity contribution in [2.75, 3.05) is 26.4 Å². The van der Waals surface area contributed by atoms with Crippen molar-refractivity contribution in [3.05, 3.63) is 106 Å². The van der Waals surface area contributed by atoms with Crippen molar-refractivity contribution in [3.63, 3.8) is 0 Å². The Balaban J connectivity index is 1.24. The standard InChI is InChI=1S/C46H44Cl2N4O8/c1-3-57-31(25-41(53)54)21-23-59-29-9-5-27(6-10-29)43-33-13-17-37(49-33)45(47)39-19-15-35(51-39)44(36-16-20-40(52-36)46(48)38-18-14-34(43)50-38)28-7-11-30(12-8-28)60-24-22-32(58-4-2)26-42(55)56/h5-20,31-32,49,52H,3-4,21-26H2,1-2H3,(H,53,54)(H,55,56). The number of aliphatic carboxylic acids is 2. The Morgan fingerprint density at radius 2 is 0.933 bits per heavy atom. The van der Waals surface area contributed by atoms with Crippen LogP contribution in [-0.2, 0) is 19.1 Å². The molecule has 5 heterocycles. The maximum Gasteiger partial charge on any atom is 0.305 e. The molecule has 0 amide bonds. The van der Waals surface area contributed by atoms with Gasteiger partial charge in [-0.25, -0.2) is 9.97 Å². The Kier molecular flexibility index (Phi) is 13.7. The third kappa shape index (κ3) is 10.1. The van der Waals surface area contributed by atoms with Gasteiger partial charge in [-0.15, -0.1) is 0 Å². The number of rotatable bonds is 18. The van der Waals surface area contributed by atoms with E-state index in [1.54, 1.807) is 0 Å². The number of hydrogen-bond acceptors (Lipinski definition) is 8. The Labute approximate surface area is 356 Å². The van der Waals surface area contributed by atoms with Crippen LogP contribution in [0.5, 0.6) is 11.5 Å². The Morgan fingerprint density at radius 3 is 1.30 bits per heavy atom. The molecule has 14 heteroatoms. The zero-order chi connectivity index (χ0) is 42.2. The molecule has 2 atom stereocenters. The number of H-pyrrole nitrogens is 2. The van der Waals surface area contributed by atoms with Crippen LogP contribution in [0.3, 0.4) is 0 Å². The number of nitrogens with zero attached hydrogens (tertiary/aromatic N) is 2. The number of hydrogen-bond donors (Lipinski definition) is 4. The summed E-state index contributed by atoms with van der Waals surface area (Å²) in [5.41, 5.74) is 8.79. The molecule has 0 saturated heterocycles. The molecule has 3 aromatic heterocycles. The highest BCUT2D eigenvalue weighted by molar-refractivity contribution is 6.36. The van der Waals surface area contributed by atoms with E-state index in [0.717, 1.165) is 33.3 Å². The van der Waals surface area contributed by atoms with Gasteiger partial charge in [0, 0.05) is 48.2 Å². The van der Waals surface area contributed by atoms with Gasteiger partial charge in [0.05, 0.1) is 82.1 Å². The average Bonchev–Trinajstić information content (AvgIpc) is 4.07. The van der Waals surface area contributed by atoms with Crippen LogP contribution in [0.25, 0.3) is 68.6 Å². The molecule has 7 rings (SSSR count). The monoisotopic (exact) mass is 850 g/mol. The fourth-order valence-electron chi connectivity index (χ4n) is 7.15. The SMILES string of the molecule is CCOC(CCOc1ccc(-c2c3nc(c(Cl)c4ccc([nH]4)c(-c4ccc(OCCC(CC(=O)O)OCC)cc4)c4nc(c(Cl)c5ccc2[nH]5)C=C4)C=C3)cc1)CC(=O)O. The summed E-state index contributed by atoms with van der Waals surface area (Å²) in [4.78, 5) is 39.5. The van der Waals surface area contributed by atoms with Gasteiger partial charge in [-0.2, -0.15) is 0 Å². The molecule has 0 radical (unpaired) electrons. The summed E-state index contributed by atoms with van der Waals surface area (Å²) >= 11 is 14.2. The van der Waals surface area contributed by atoms with Crippen molar-refractivity contribution in [2.45, 2.75) is 51.7 Å². The molecule has 0 fully saturated rings. The largest absolute Gasteiger partial charge is 0.493 e. The molecule has 5 aromatic rings. The molecular weight excluding hydrogens is 807 g/mol. The van der Waals surface area contributed by atoms with Gasteiger partial charge in [0.25, 0.3) is 0 Å². The predicted octanol–water partition coefficient (Wildman–Crippen LogP) is 10.6. The zero-order valence-electron chi connectivity index (χ0n) is 33.0. The maximum absolute atomic E-state index is 11.2. The van der Waals surface area contributed by atoms with E-state index < -0.39 is 24.1 Å². The van der Waals surface area contributed by atoms with Crippen LogP contribution >= 0.6 is 23.2 Å². The number of carboxylic acids is 2. The number of fused-ring (bicyclic) bond motifs is 8. The topological polar surface area (TPSA) is 169 Å². The van der Waals surface area contributed by atoms with Crippen LogP contribution in [0, 0.1) is 0 Å². The summed E-state index contributed by atoms with van der Waals surface area (Å²) in [7, 11) is 0. The van der Waals surface area contributed by atoms with Crippen molar-refractivity contribution in [3.8, 4) is 33.8 Å². The van der Waals surface area contributed by atoms with Crippen molar-refractivity contribution >= 4 is 81.5 Å². The predicted molar refractivity (Wildman–Crippen MR) is 235 cm³/mol. The van der Waals surface area contributed by atoms with Gasteiger partial charge in [-0.3, -0.25) is 9.59 Å². The van der Waals surface area contributed by atoms with Gasteiger partial charge in [0.1, 0.15) is 11.5 Å². The second-order valence-electron chi connectivity index (χ2n) is 14.1. The first-order chi connectivity index (χ1) is 29.1. The lowest BCUT2D eigenvalue weighted by atomic mass is 10.0. The molecule has 0 spiro atoms. The van der Waals surface area contributed by atoms with E-state index in [4.69, 9.17) is 52.1 Å². The van der Waals surface area contributed by atoms with Gasteiger partial charge in [0.2, 0.25) is 0 Å². The smallest absolute Gasteiger partial charge is 0.305 e. The molecule has 8 bridgehead atoms. The number of nitrogens with one attached hydrogen (secondary N) is 2. The fraction of sp³-hybridized carbons (Fsp3) is 0.261. The molecule has 0 aliphatic carbocycles. The third-order valence-corrected chi connectivity index (χ3v) is 10.7. The highest BCUT2D eigenvalue weighted by Gasteiger charge is 2.18. The van der Waals surface area contributed by atoms with Gasteiger partial charge in [-0.1, -0.05) is 47.5 Å². The third-order valence-electron chi connectivity index (χ3n) is 9.94. The summed E-state index contributed by atoms with van der Waals surface area (Å²) in [5, 5.41) is 19.3. The molecular formula is C46H44Cl2N4O8. The lowest BCUT2D eigenvalue weighted by molar-refractivity contribution is -0.141. The second kappa shape index (κ2) is 19.4. The summed E-state index contributed by atoms with van der Waals surface area (Å²) in [6.45, 7) is 5.14. The van der Waals surface area contributed by atoms with E-state index in [1.165, 1.54) is 0 Å². The van der Waals surface area contributed by atoms with Gasteiger partial charge < -0.3 is 39.1 Å². The summed E-state index contributed by atoms with van der Waals surface area (Å²) in [6, 6.07) is 23.0. The summed E-state index contributed by atoms with van der Waals surface area (Å²) in [6.07, 6.45) is 7.49. The van der Waals surface area contributed by atoms with Gasteiger partial charge in [-0.05, 0) is 97.8 Å². The molecule has 2 aliphatic rings. The van der Waals surface area contributed by atoms with E-state index in [-0.39, 0.29) is 12.8 Å². The fourth-order valence-corrected chi connectivity index (χ4v) is 7.58. The summed E-state index contributed by atoms with van der Waals surface area (Å²) < 4.78 is 23.1. The molecule has 2 unspecified atom stereocenters. The van der Waals surface area contributed by atoms with Crippen molar-refractivity contribution in [2.24, 2.45) is 0 Å². The number of aromatic amines is 2. The number of halogens is 2. The highest BCUT2D eigenvalue weighted by Crippen LogP contribution is 2.37. The van der Waals surface area contributed by atoms with Crippen molar-refractivity contribution in [1.82, 2.24) is 19.9 Å². The van der Waals surface area contributed by atoms with Crippen molar-refractivity contribution in [1.29, 1.82) is 0 Å². The number of aromatic nitrogens is 4. The Hall–Kier alpha value is -5.92. The number of carbonyl (C=O) groups is 2. The van der Waals surface area contributed by atoms with Crippen LogP contribution in [0.15, 0.2) is 72.8 Å². The van der Waals surface area contributed by atoms with Crippen LogP contribution < -0.4 is 9.47 Å². The number of benzene rings is 2. The molecule has 2 aliphatic heterocycles. The lowest BCUT2D eigenvalue weighted by Crippen LogP contribution is -2.20. The molecule has 4 N–H and O–H groups in total. The number of ether oxygens (including phenoxy) is 4. The van der Waals surface area contributed by atoms with Gasteiger partial charge >= 0.3 is 11.9 Å². The molecule has 12 nitrogen and oxygen atoms in total. The zero-order valence-corrected chi connectivity index (χ0v) is 34.6. The van der Waals surface area contributed by atoms with E-state index in [9.17, 15) is 19.8 Å². The minimum absolute atomic E-state index is 0.0824.